The third-order valence-corrected chi connectivity index (χ3v) is 2.96. The van der Waals surface area contributed by atoms with E-state index in [1.54, 1.807) is 43.5 Å². The summed E-state index contributed by atoms with van der Waals surface area (Å²) < 4.78 is 10.7. The van der Waals surface area contributed by atoms with Crippen LogP contribution < -0.4 is 20.2 Å². The van der Waals surface area contributed by atoms with Crippen molar-refractivity contribution in [3.05, 3.63) is 66.7 Å². The molecule has 0 fully saturated rings. The topological polar surface area (TPSA) is 72.0 Å². The molecule has 0 saturated heterocycles. The fourth-order valence-corrected chi connectivity index (χ4v) is 1.88. The van der Waals surface area contributed by atoms with Crippen LogP contribution in [0.2, 0.25) is 0 Å². The predicted octanol–water partition coefficient (Wildman–Crippen LogP) is 3.42. The number of nitrogens with zero attached hydrogens (tertiary/aromatic N) is 1. The zero-order valence-corrected chi connectivity index (χ0v) is 13.4. The Morgan fingerprint density at radius 3 is 2.71 bits per heavy atom. The monoisotopic (exact) mass is 325 g/mol. The van der Waals surface area contributed by atoms with Gasteiger partial charge in [0.2, 0.25) is 0 Å². The molecule has 0 bridgehead atoms. The first-order valence-corrected chi connectivity index (χ1v) is 7.29. The molecule has 0 aliphatic heterocycles. The van der Waals surface area contributed by atoms with E-state index in [4.69, 9.17) is 9.47 Å². The molecule has 2 N–H and O–H groups in total. The predicted molar refractivity (Wildman–Crippen MR) is 94.9 cm³/mol. The molecule has 0 aromatic heterocycles. The molecule has 2 rings (SSSR count). The van der Waals surface area contributed by atoms with E-state index >= 15 is 0 Å². The summed E-state index contributed by atoms with van der Waals surface area (Å²) in [6.07, 6.45) is 3.18. The van der Waals surface area contributed by atoms with Crippen molar-refractivity contribution in [2.24, 2.45) is 5.10 Å². The van der Waals surface area contributed by atoms with Gasteiger partial charge in [-0.3, -0.25) is 0 Å². The van der Waals surface area contributed by atoms with Crippen LogP contribution in [0.1, 0.15) is 5.56 Å². The first-order valence-electron chi connectivity index (χ1n) is 7.29. The van der Waals surface area contributed by atoms with E-state index in [1.165, 1.54) is 6.21 Å². The minimum atomic E-state index is -0.421. The zero-order chi connectivity index (χ0) is 17.2. The quantitative estimate of drug-likeness (QED) is 0.465. The average Bonchev–Trinajstić information content (AvgIpc) is 2.61. The zero-order valence-electron chi connectivity index (χ0n) is 13.4. The van der Waals surface area contributed by atoms with Gasteiger partial charge in [-0.15, -0.1) is 0 Å². The minimum Gasteiger partial charge on any atom is -0.493 e. The first kappa shape index (κ1) is 17.1. The van der Waals surface area contributed by atoms with Gasteiger partial charge in [-0.2, -0.15) is 5.10 Å². The normalized spacial score (nSPS) is 10.2. The number of amides is 2. The molecule has 0 radical (unpaired) electrons. The lowest BCUT2D eigenvalue weighted by Crippen LogP contribution is -2.24. The third kappa shape index (κ3) is 5.17. The Hall–Kier alpha value is -3.28. The Morgan fingerprint density at radius 1 is 1.21 bits per heavy atom. The summed E-state index contributed by atoms with van der Waals surface area (Å²) in [5.41, 5.74) is 3.85. The van der Waals surface area contributed by atoms with Gasteiger partial charge in [0, 0.05) is 5.69 Å². The Morgan fingerprint density at radius 2 is 2.00 bits per heavy atom. The standard InChI is InChI=1S/C18H19N3O3/c1-3-11-24-16-10-9-14(12-17(16)23-2)13-19-21-18(22)20-15-7-5-4-6-8-15/h3-10,12-13H,1,11H2,2H3,(H2,20,21,22)/b19-13+. The van der Waals surface area contributed by atoms with Crippen LogP contribution >= 0.6 is 0 Å². The van der Waals surface area contributed by atoms with Gasteiger partial charge in [0.25, 0.3) is 0 Å². The number of hydrogen-bond acceptors (Lipinski definition) is 4. The summed E-state index contributed by atoms with van der Waals surface area (Å²) in [7, 11) is 1.56. The summed E-state index contributed by atoms with van der Waals surface area (Å²) >= 11 is 0. The number of para-hydroxylation sites is 1. The van der Waals surface area contributed by atoms with Crippen molar-refractivity contribution in [2.75, 3.05) is 19.0 Å². The summed E-state index contributed by atoms with van der Waals surface area (Å²) in [5, 5.41) is 6.57. The number of carbonyl (C=O) groups is 1. The average molecular weight is 325 g/mol. The number of urea groups is 1. The number of methoxy groups -OCH3 is 1. The van der Waals surface area contributed by atoms with Crippen LogP contribution in [-0.2, 0) is 0 Å². The molecule has 2 aromatic carbocycles. The highest BCUT2D eigenvalue weighted by Gasteiger charge is 2.04. The molecule has 2 aromatic rings. The van der Waals surface area contributed by atoms with Crippen molar-refractivity contribution in [1.82, 2.24) is 5.43 Å². The fraction of sp³-hybridized carbons (Fsp3) is 0.111. The van der Waals surface area contributed by atoms with E-state index in [1.807, 2.05) is 18.2 Å². The maximum atomic E-state index is 11.7. The molecule has 6 heteroatoms. The number of rotatable bonds is 7. The number of nitrogens with one attached hydrogen (secondary N) is 2. The van der Waals surface area contributed by atoms with Crippen LogP contribution in [0.15, 0.2) is 66.3 Å². The molecule has 0 aliphatic rings. The van der Waals surface area contributed by atoms with Crippen molar-refractivity contribution >= 4 is 17.9 Å². The van der Waals surface area contributed by atoms with E-state index < -0.39 is 6.03 Å². The van der Waals surface area contributed by atoms with Crippen molar-refractivity contribution in [3.63, 3.8) is 0 Å². The van der Waals surface area contributed by atoms with Crippen LogP contribution in [0.25, 0.3) is 0 Å². The Kier molecular flexibility index (Phi) is 6.40. The lowest BCUT2D eigenvalue weighted by Gasteiger charge is -2.09. The van der Waals surface area contributed by atoms with Gasteiger partial charge >= 0.3 is 6.03 Å². The number of anilines is 1. The summed E-state index contributed by atoms with van der Waals surface area (Å²) in [5.74, 6) is 1.19. The van der Waals surface area contributed by atoms with Crippen LogP contribution in [0, 0.1) is 0 Å². The van der Waals surface area contributed by atoms with Gasteiger partial charge in [0.1, 0.15) is 6.61 Å². The van der Waals surface area contributed by atoms with Gasteiger partial charge in [-0.25, -0.2) is 10.2 Å². The van der Waals surface area contributed by atoms with Crippen LogP contribution in [0.4, 0.5) is 10.5 Å². The molecule has 0 heterocycles. The molecule has 24 heavy (non-hydrogen) atoms. The van der Waals surface area contributed by atoms with E-state index in [9.17, 15) is 4.79 Å². The lowest BCUT2D eigenvalue weighted by molar-refractivity contribution is 0.252. The van der Waals surface area contributed by atoms with E-state index in [2.05, 4.69) is 22.4 Å². The lowest BCUT2D eigenvalue weighted by atomic mass is 10.2. The Balaban J connectivity index is 1.93. The number of hydrogen-bond donors (Lipinski definition) is 2. The first-order chi connectivity index (χ1) is 11.7. The molecular weight excluding hydrogens is 306 g/mol. The number of benzene rings is 2. The molecule has 0 aliphatic carbocycles. The molecule has 0 spiro atoms. The second-order valence-electron chi connectivity index (χ2n) is 4.70. The summed E-state index contributed by atoms with van der Waals surface area (Å²) in [6, 6.07) is 14.0. The smallest absolute Gasteiger partial charge is 0.339 e. The highest BCUT2D eigenvalue weighted by molar-refractivity contribution is 5.90. The number of carbonyl (C=O) groups excluding carboxylic acids is 1. The Bertz CT molecular complexity index is 715. The third-order valence-electron chi connectivity index (χ3n) is 2.96. The molecule has 124 valence electrons. The van der Waals surface area contributed by atoms with Crippen molar-refractivity contribution in [2.45, 2.75) is 0 Å². The molecule has 0 saturated carbocycles. The molecule has 2 amide bonds. The van der Waals surface area contributed by atoms with Crippen LogP contribution in [-0.4, -0.2) is 26.0 Å². The van der Waals surface area contributed by atoms with Gasteiger partial charge < -0.3 is 14.8 Å². The van der Waals surface area contributed by atoms with E-state index in [0.717, 1.165) is 5.56 Å². The van der Waals surface area contributed by atoms with Crippen molar-refractivity contribution in [1.29, 1.82) is 0 Å². The molecule has 0 atom stereocenters. The second-order valence-corrected chi connectivity index (χ2v) is 4.70. The molecule has 6 nitrogen and oxygen atoms in total. The van der Waals surface area contributed by atoms with E-state index in [0.29, 0.717) is 23.8 Å². The summed E-state index contributed by atoms with van der Waals surface area (Å²) in [4.78, 5) is 11.7. The van der Waals surface area contributed by atoms with E-state index in [-0.39, 0.29) is 0 Å². The van der Waals surface area contributed by atoms with Crippen LogP contribution in [0.3, 0.4) is 0 Å². The maximum Gasteiger partial charge on any atom is 0.339 e. The highest BCUT2D eigenvalue weighted by Crippen LogP contribution is 2.27. The fourth-order valence-electron chi connectivity index (χ4n) is 1.88. The van der Waals surface area contributed by atoms with Gasteiger partial charge in [-0.05, 0) is 35.9 Å². The number of ether oxygens (including phenoxy) is 2. The van der Waals surface area contributed by atoms with Gasteiger partial charge in [0.05, 0.1) is 13.3 Å². The highest BCUT2D eigenvalue weighted by atomic mass is 16.5. The molecule has 0 unspecified atom stereocenters. The minimum absolute atomic E-state index is 0.394. The number of hydrazone groups is 1. The second kappa shape index (κ2) is 8.99. The van der Waals surface area contributed by atoms with Gasteiger partial charge in [-0.1, -0.05) is 30.9 Å². The molecular formula is C18H19N3O3. The Labute approximate surface area is 140 Å². The summed E-state index contributed by atoms with van der Waals surface area (Å²) in [6.45, 7) is 4.00. The van der Waals surface area contributed by atoms with Crippen molar-refractivity contribution < 1.29 is 14.3 Å². The largest absolute Gasteiger partial charge is 0.493 e. The maximum absolute atomic E-state index is 11.7. The van der Waals surface area contributed by atoms with Gasteiger partial charge in [0.15, 0.2) is 11.5 Å². The SMILES string of the molecule is C=CCOc1ccc(/C=N/NC(=O)Nc2ccccc2)cc1OC. The van der Waals surface area contributed by atoms with Crippen LogP contribution in [0.5, 0.6) is 11.5 Å². The van der Waals surface area contributed by atoms with Crippen molar-refractivity contribution in [3.8, 4) is 11.5 Å².